The third kappa shape index (κ3) is 1.71. The topological polar surface area (TPSA) is 3.24 Å². The molecule has 0 aliphatic carbocycles. The molecule has 1 heterocycles. The number of nitrogens with zero attached hydrogens (tertiary/aromatic N) is 1. The fourth-order valence-electron chi connectivity index (χ4n) is 2.66. The Morgan fingerprint density at radius 3 is 2.35 bits per heavy atom. The second kappa shape index (κ2) is 3.95. The van der Waals surface area contributed by atoms with Gasteiger partial charge in [-0.25, -0.2) is 0 Å². The Labute approximate surface area is 109 Å². The molecule has 1 aromatic rings. The van der Waals surface area contributed by atoms with Crippen molar-refractivity contribution in [2.45, 2.75) is 33.1 Å². The van der Waals surface area contributed by atoms with E-state index in [-0.39, 0.29) is 5.41 Å². The van der Waals surface area contributed by atoms with Crippen LogP contribution in [0.5, 0.6) is 0 Å². The maximum atomic E-state index is 5.63. The van der Waals surface area contributed by atoms with Crippen molar-refractivity contribution < 1.29 is 0 Å². The number of benzene rings is 1. The van der Waals surface area contributed by atoms with E-state index in [4.69, 9.17) is 12.2 Å². The Kier molecular flexibility index (Phi) is 2.86. The van der Waals surface area contributed by atoms with Gasteiger partial charge in [-0.05, 0) is 33.3 Å². The van der Waals surface area contributed by atoms with E-state index in [1.807, 2.05) is 0 Å². The quantitative estimate of drug-likeness (QED) is 0.636. The summed E-state index contributed by atoms with van der Waals surface area (Å²) in [7, 11) is 2.07. The van der Waals surface area contributed by atoms with Gasteiger partial charge in [-0.15, -0.1) is 0 Å². The van der Waals surface area contributed by atoms with Crippen LogP contribution in [0, 0.1) is 0 Å². The van der Waals surface area contributed by atoms with Crippen molar-refractivity contribution >= 4 is 22.9 Å². The largest absolute Gasteiger partial charge is 0.338 e. The van der Waals surface area contributed by atoms with Crippen LogP contribution in [0.4, 0.5) is 0 Å². The van der Waals surface area contributed by atoms with Crippen LogP contribution < -0.4 is 0 Å². The molecule has 0 saturated heterocycles. The van der Waals surface area contributed by atoms with Crippen molar-refractivity contribution in [1.29, 1.82) is 0 Å². The van der Waals surface area contributed by atoms with Crippen molar-refractivity contribution in [1.82, 2.24) is 4.90 Å². The summed E-state index contributed by atoms with van der Waals surface area (Å²) in [6.07, 6.45) is 0. The molecular formula is C15H19NS. The van der Waals surface area contributed by atoms with Gasteiger partial charge in [-0.2, -0.15) is 0 Å². The van der Waals surface area contributed by atoms with Crippen molar-refractivity contribution in [3.05, 3.63) is 41.0 Å². The molecule has 17 heavy (non-hydrogen) atoms. The fraction of sp³-hybridized carbons (Fsp3) is 0.400. The molecule has 0 aromatic heterocycles. The monoisotopic (exact) mass is 245 g/mol. The highest BCUT2D eigenvalue weighted by Gasteiger charge is 2.37. The van der Waals surface area contributed by atoms with Crippen LogP contribution in [-0.2, 0) is 5.41 Å². The first-order valence-electron chi connectivity index (χ1n) is 5.93. The van der Waals surface area contributed by atoms with E-state index in [0.717, 1.165) is 4.99 Å². The van der Waals surface area contributed by atoms with E-state index in [1.54, 1.807) is 0 Å². The summed E-state index contributed by atoms with van der Waals surface area (Å²) < 4.78 is 0. The van der Waals surface area contributed by atoms with Crippen LogP contribution in [0.15, 0.2) is 29.8 Å². The predicted molar refractivity (Wildman–Crippen MR) is 78.1 cm³/mol. The summed E-state index contributed by atoms with van der Waals surface area (Å²) in [5.41, 5.74) is 5.13. The van der Waals surface area contributed by atoms with Gasteiger partial charge in [0.2, 0.25) is 0 Å². The molecule has 1 aromatic carbocycles. The van der Waals surface area contributed by atoms with Gasteiger partial charge in [-0.1, -0.05) is 42.1 Å². The Morgan fingerprint density at radius 1 is 1.18 bits per heavy atom. The van der Waals surface area contributed by atoms with E-state index in [0.29, 0.717) is 0 Å². The summed E-state index contributed by atoms with van der Waals surface area (Å²) in [5, 5.41) is 0. The third-order valence-corrected chi connectivity index (χ3v) is 4.29. The number of likely N-dealkylation sites (N-methyl/N-ethyl adjacent to an activating group) is 1. The minimum Gasteiger partial charge on any atom is -0.338 e. The molecular weight excluding hydrogens is 226 g/mol. The molecule has 0 unspecified atom stereocenters. The van der Waals surface area contributed by atoms with E-state index in [9.17, 15) is 0 Å². The zero-order valence-electron chi connectivity index (χ0n) is 11.2. The minimum atomic E-state index is -0.0698. The van der Waals surface area contributed by atoms with E-state index >= 15 is 0 Å². The number of hydrogen-bond donors (Lipinski definition) is 0. The van der Waals surface area contributed by atoms with Crippen LogP contribution in [0.2, 0.25) is 0 Å². The second-order valence-corrected chi connectivity index (χ2v) is 5.77. The van der Waals surface area contributed by atoms with Crippen molar-refractivity contribution in [2.75, 3.05) is 7.05 Å². The fourth-order valence-corrected chi connectivity index (χ4v) is 2.86. The van der Waals surface area contributed by atoms with Gasteiger partial charge in [-0.3, -0.25) is 0 Å². The lowest BCUT2D eigenvalue weighted by molar-refractivity contribution is 0.581. The Bertz CT molecular complexity index is 507. The Hall–Kier alpha value is -1.15. The van der Waals surface area contributed by atoms with Gasteiger partial charge in [0.15, 0.2) is 0 Å². The molecule has 0 N–H and O–H groups in total. The van der Waals surface area contributed by atoms with Gasteiger partial charge in [0.05, 0.1) is 4.99 Å². The Balaban J connectivity index is 2.80. The van der Waals surface area contributed by atoms with Gasteiger partial charge in [0.1, 0.15) is 0 Å². The van der Waals surface area contributed by atoms with Gasteiger partial charge < -0.3 is 4.90 Å². The number of fused-ring (bicyclic) bond motifs is 1. The van der Waals surface area contributed by atoms with Crippen LogP contribution in [0.25, 0.3) is 5.70 Å². The van der Waals surface area contributed by atoms with E-state index in [2.05, 4.69) is 63.9 Å². The molecule has 0 saturated carbocycles. The molecule has 90 valence electrons. The summed E-state index contributed by atoms with van der Waals surface area (Å²) in [6.45, 7) is 8.69. The molecule has 0 atom stereocenters. The molecule has 0 fully saturated rings. The summed E-state index contributed by atoms with van der Waals surface area (Å²) >= 11 is 5.63. The lowest BCUT2D eigenvalue weighted by Crippen LogP contribution is -2.44. The molecule has 0 spiro atoms. The average molecular weight is 245 g/mol. The van der Waals surface area contributed by atoms with Crippen LogP contribution in [0.1, 0.15) is 38.8 Å². The van der Waals surface area contributed by atoms with Crippen molar-refractivity contribution in [3.8, 4) is 0 Å². The highest BCUT2D eigenvalue weighted by atomic mass is 32.1. The maximum Gasteiger partial charge on any atom is 0.0922 e. The third-order valence-electron chi connectivity index (χ3n) is 3.50. The molecule has 1 aliphatic heterocycles. The molecule has 1 nitrogen and oxygen atoms in total. The van der Waals surface area contributed by atoms with Crippen LogP contribution in [-0.4, -0.2) is 16.9 Å². The molecule has 0 radical (unpaired) electrons. The molecule has 1 aliphatic rings. The number of rotatable bonds is 0. The smallest absolute Gasteiger partial charge is 0.0922 e. The lowest BCUT2D eigenvalue weighted by atomic mass is 9.76. The first-order chi connectivity index (χ1) is 7.87. The van der Waals surface area contributed by atoms with Crippen LogP contribution >= 0.6 is 12.2 Å². The normalized spacial score (nSPS) is 18.1. The van der Waals surface area contributed by atoms with Crippen molar-refractivity contribution in [2.24, 2.45) is 0 Å². The molecule has 0 amide bonds. The number of allylic oxidation sites excluding steroid dienone is 1. The first kappa shape index (κ1) is 12.3. The summed E-state index contributed by atoms with van der Waals surface area (Å²) in [6, 6.07) is 8.58. The Morgan fingerprint density at radius 2 is 1.76 bits per heavy atom. The zero-order chi connectivity index (χ0) is 12.8. The van der Waals surface area contributed by atoms with Gasteiger partial charge >= 0.3 is 0 Å². The van der Waals surface area contributed by atoms with Crippen LogP contribution in [0.3, 0.4) is 0 Å². The highest BCUT2D eigenvalue weighted by Crippen LogP contribution is 2.40. The number of thiocarbonyl (C=S) groups is 1. The van der Waals surface area contributed by atoms with Crippen molar-refractivity contribution in [3.63, 3.8) is 0 Å². The van der Waals surface area contributed by atoms with E-state index in [1.165, 1.54) is 22.4 Å². The minimum absolute atomic E-state index is 0.0698. The average Bonchev–Trinajstić information content (AvgIpc) is 2.26. The molecule has 2 heteroatoms. The molecule has 0 bridgehead atoms. The lowest BCUT2D eigenvalue weighted by Gasteiger charge is -2.42. The highest BCUT2D eigenvalue weighted by molar-refractivity contribution is 7.80. The second-order valence-electron chi connectivity index (χ2n) is 5.38. The van der Waals surface area contributed by atoms with Gasteiger partial charge in [0.25, 0.3) is 0 Å². The first-order valence-corrected chi connectivity index (χ1v) is 6.33. The maximum absolute atomic E-state index is 5.63. The predicted octanol–water partition coefficient (Wildman–Crippen LogP) is 3.99. The summed E-state index contributed by atoms with van der Waals surface area (Å²) in [4.78, 5) is 3.15. The zero-order valence-corrected chi connectivity index (χ0v) is 12.0. The van der Waals surface area contributed by atoms with Gasteiger partial charge in [0, 0.05) is 23.7 Å². The van der Waals surface area contributed by atoms with E-state index < -0.39 is 0 Å². The standard InChI is InChI=1S/C15H19NS/c1-10(2)13-11-8-6-7-9-12(11)15(3,4)14(17)16(13)5/h6-9H,1-5H3. The SMILES string of the molecule is CC(C)=C1c2ccccc2C(C)(C)C(=S)N1C. The molecule has 2 rings (SSSR count). The number of hydrogen-bond acceptors (Lipinski definition) is 1. The summed E-state index contributed by atoms with van der Waals surface area (Å²) in [5.74, 6) is 0.